The number of halogens is 1. The number of pyridine rings is 1. The van der Waals surface area contributed by atoms with E-state index < -0.39 is 0 Å². The van der Waals surface area contributed by atoms with Crippen LogP contribution in [0.25, 0.3) is 0 Å². The van der Waals surface area contributed by atoms with Crippen LogP contribution in [-0.2, 0) is 9.59 Å². The molecule has 0 unspecified atom stereocenters. The summed E-state index contributed by atoms with van der Waals surface area (Å²) >= 11 is 6.21. The molecule has 27 heavy (non-hydrogen) atoms. The molecule has 4 rings (SSSR count). The summed E-state index contributed by atoms with van der Waals surface area (Å²) in [5, 5.41) is 6.30. The number of hydrogen-bond acceptors (Lipinski definition) is 5. The molecule has 2 N–H and O–H groups in total. The molecule has 1 saturated heterocycles. The molecule has 2 aliphatic heterocycles. The third kappa shape index (κ3) is 3.83. The molecule has 0 radical (unpaired) electrons. The van der Waals surface area contributed by atoms with Crippen LogP contribution in [0.2, 0.25) is 5.02 Å². The third-order valence-electron chi connectivity index (χ3n) is 4.78. The Kier molecular flexibility index (Phi) is 4.85. The van der Waals surface area contributed by atoms with Crippen molar-refractivity contribution in [2.75, 3.05) is 35.2 Å². The highest BCUT2D eigenvalue weighted by atomic mass is 35.5. The SMILES string of the molecule is O=C1COc2ccc(NC(=O)C3CCN(c4ncccc4Cl)CC3)cc2N1. The summed E-state index contributed by atoms with van der Waals surface area (Å²) in [7, 11) is 0. The largest absolute Gasteiger partial charge is 0.482 e. The molecule has 0 spiro atoms. The molecule has 1 aromatic carbocycles. The zero-order valence-electron chi connectivity index (χ0n) is 14.6. The van der Waals surface area contributed by atoms with E-state index in [1.54, 1.807) is 30.5 Å². The molecule has 8 heteroatoms. The van der Waals surface area contributed by atoms with Crippen molar-refractivity contribution in [3.05, 3.63) is 41.6 Å². The van der Waals surface area contributed by atoms with Crippen molar-refractivity contribution in [1.82, 2.24) is 4.98 Å². The van der Waals surface area contributed by atoms with E-state index in [1.807, 2.05) is 6.07 Å². The van der Waals surface area contributed by atoms with Gasteiger partial charge in [-0.2, -0.15) is 0 Å². The number of anilines is 3. The summed E-state index contributed by atoms with van der Waals surface area (Å²) in [4.78, 5) is 30.5. The highest BCUT2D eigenvalue weighted by molar-refractivity contribution is 6.32. The lowest BCUT2D eigenvalue weighted by molar-refractivity contribution is -0.120. The first-order valence-electron chi connectivity index (χ1n) is 8.83. The number of nitrogens with zero attached hydrogens (tertiary/aromatic N) is 2. The Morgan fingerprint density at radius 3 is 2.89 bits per heavy atom. The van der Waals surface area contributed by atoms with Gasteiger partial charge in [0.25, 0.3) is 5.91 Å². The van der Waals surface area contributed by atoms with E-state index in [0.29, 0.717) is 22.1 Å². The number of ether oxygens (including phenoxy) is 1. The average Bonchev–Trinajstić information content (AvgIpc) is 2.68. The third-order valence-corrected chi connectivity index (χ3v) is 5.08. The van der Waals surface area contributed by atoms with E-state index in [2.05, 4.69) is 20.5 Å². The number of amides is 2. The number of benzene rings is 1. The van der Waals surface area contributed by atoms with E-state index in [-0.39, 0.29) is 24.3 Å². The van der Waals surface area contributed by atoms with Gasteiger partial charge in [0, 0.05) is 30.9 Å². The molecule has 2 aromatic rings. The topological polar surface area (TPSA) is 83.6 Å². The van der Waals surface area contributed by atoms with Crippen LogP contribution in [0.15, 0.2) is 36.5 Å². The first-order chi connectivity index (χ1) is 13.1. The van der Waals surface area contributed by atoms with Crippen LogP contribution < -0.4 is 20.3 Å². The lowest BCUT2D eigenvalue weighted by Crippen LogP contribution is -2.38. The predicted octanol–water partition coefficient (Wildman–Crippen LogP) is 2.92. The maximum atomic E-state index is 12.6. The van der Waals surface area contributed by atoms with Crippen molar-refractivity contribution in [3.8, 4) is 5.75 Å². The number of carbonyl (C=O) groups excluding carboxylic acids is 2. The van der Waals surface area contributed by atoms with Crippen LogP contribution >= 0.6 is 11.6 Å². The minimum atomic E-state index is -0.202. The fourth-order valence-electron chi connectivity index (χ4n) is 3.37. The number of rotatable bonds is 3. The molecule has 140 valence electrons. The zero-order chi connectivity index (χ0) is 18.8. The summed E-state index contributed by atoms with van der Waals surface area (Å²) in [5.74, 6) is 1.07. The minimum absolute atomic E-state index is 0.0115. The summed E-state index contributed by atoms with van der Waals surface area (Å²) in [6, 6.07) is 8.86. The zero-order valence-corrected chi connectivity index (χ0v) is 15.3. The molecule has 2 aliphatic rings. The fourth-order valence-corrected chi connectivity index (χ4v) is 3.61. The van der Waals surface area contributed by atoms with E-state index in [0.717, 1.165) is 31.7 Å². The fraction of sp³-hybridized carbons (Fsp3) is 0.316. The molecule has 7 nitrogen and oxygen atoms in total. The van der Waals surface area contributed by atoms with Crippen molar-refractivity contribution in [2.45, 2.75) is 12.8 Å². The molecule has 1 fully saturated rings. The number of nitrogens with one attached hydrogen (secondary N) is 2. The predicted molar refractivity (Wildman–Crippen MR) is 103 cm³/mol. The summed E-state index contributed by atoms with van der Waals surface area (Å²) in [5.41, 5.74) is 1.21. The highest BCUT2D eigenvalue weighted by Gasteiger charge is 2.27. The van der Waals surface area contributed by atoms with Crippen LogP contribution in [0, 0.1) is 5.92 Å². The normalized spacial score (nSPS) is 16.9. The van der Waals surface area contributed by atoms with E-state index in [1.165, 1.54) is 0 Å². The Balaban J connectivity index is 1.37. The average molecular weight is 387 g/mol. The molecule has 0 saturated carbocycles. The van der Waals surface area contributed by atoms with E-state index in [9.17, 15) is 9.59 Å². The van der Waals surface area contributed by atoms with Gasteiger partial charge >= 0.3 is 0 Å². The van der Waals surface area contributed by atoms with Gasteiger partial charge in [-0.3, -0.25) is 9.59 Å². The second-order valence-electron chi connectivity index (χ2n) is 6.61. The quantitative estimate of drug-likeness (QED) is 0.847. The number of aromatic nitrogens is 1. The second-order valence-corrected chi connectivity index (χ2v) is 7.01. The Bertz CT molecular complexity index is 881. The molecular formula is C19H19ClN4O3. The molecule has 3 heterocycles. The van der Waals surface area contributed by atoms with Gasteiger partial charge in [0.1, 0.15) is 11.6 Å². The number of hydrogen-bond donors (Lipinski definition) is 2. The number of piperidine rings is 1. The van der Waals surface area contributed by atoms with Gasteiger partial charge in [-0.15, -0.1) is 0 Å². The van der Waals surface area contributed by atoms with Crippen LogP contribution in [0.1, 0.15) is 12.8 Å². The lowest BCUT2D eigenvalue weighted by Gasteiger charge is -2.32. The van der Waals surface area contributed by atoms with E-state index in [4.69, 9.17) is 16.3 Å². The molecule has 1 aromatic heterocycles. The van der Waals surface area contributed by atoms with Gasteiger partial charge in [-0.25, -0.2) is 4.98 Å². The molecule has 0 atom stereocenters. The van der Waals surface area contributed by atoms with Gasteiger partial charge in [-0.1, -0.05) is 11.6 Å². The minimum Gasteiger partial charge on any atom is -0.482 e. The number of carbonyl (C=O) groups is 2. The van der Waals surface area contributed by atoms with Crippen molar-refractivity contribution in [1.29, 1.82) is 0 Å². The Morgan fingerprint density at radius 1 is 1.30 bits per heavy atom. The summed E-state index contributed by atoms with van der Waals surface area (Å²) < 4.78 is 5.33. The van der Waals surface area contributed by atoms with Crippen molar-refractivity contribution >= 4 is 40.6 Å². The summed E-state index contributed by atoms with van der Waals surface area (Å²) in [6.07, 6.45) is 3.17. The molecular weight excluding hydrogens is 368 g/mol. The van der Waals surface area contributed by atoms with Gasteiger partial charge < -0.3 is 20.3 Å². The first kappa shape index (κ1) is 17.6. The standard InChI is InChI=1S/C19H19ClN4O3/c20-14-2-1-7-21-18(14)24-8-5-12(6-9-24)19(26)22-13-3-4-16-15(10-13)23-17(25)11-27-16/h1-4,7,10,12H,5-6,8-9,11H2,(H,22,26)(H,23,25). The van der Waals surface area contributed by atoms with Crippen molar-refractivity contribution in [2.24, 2.45) is 5.92 Å². The maximum absolute atomic E-state index is 12.6. The van der Waals surface area contributed by atoms with Gasteiger partial charge in [0.2, 0.25) is 5.91 Å². The molecule has 2 amide bonds. The van der Waals surface area contributed by atoms with Gasteiger partial charge in [0.05, 0.1) is 10.7 Å². The van der Waals surface area contributed by atoms with Gasteiger partial charge in [-0.05, 0) is 43.2 Å². The Morgan fingerprint density at radius 2 is 2.11 bits per heavy atom. The lowest BCUT2D eigenvalue weighted by atomic mass is 9.95. The van der Waals surface area contributed by atoms with Crippen molar-refractivity contribution in [3.63, 3.8) is 0 Å². The highest BCUT2D eigenvalue weighted by Crippen LogP contribution is 2.31. The van der Waals surface area contributed by atoms with Crippen molar-refractivity contribution < 1.29 is 14.3 Å². The van der Waals surface area contributed by atoms with Crippen LogP contribution in [0.3, 0.4) is 0 Å². The first-order valence-corrected chi connectivity index (χ1v) is 9.21. The van der Waals surface area contributed by atoms with Gasteiger partial charge in [0.15, 0.2) is 6.61 Å². The molecule has 0 bridgehead atoms. The van der Waals surface area contributed by atoms with Crippen LogP contribution in [0.5, 0.6) is 5.75 Å². The number of fused-ring (bicyclic) bond motifs is 1. The maximum Gasteiger partial charge on any atom is 0.262 e. The van der Waals surface area contributed by atoms with Crippen LogP contribution in [0.4, 0.5) is 17.2 Å². The monoisotopic (exact) mass is 386 g/mol. The molecule has 0 aliphatic carbocycles. The van der Waals surface area contributed by atoms with Crippen LogP contribution in [-0.4, -0.2) is 36.5 Å². The second kappa shape index (κ2) is 7.44. The van der Waals surface area contributed by atoms with E-state index >= 15 is 0 Å². The Labute approximate surface area is 161 Å². The Hall–Kier alpha value is -2.80. The summed E-state index contributed by atoms with van der Waals surface area (Å²) in [6.45, 7) is 1.46. The smallest absolute Gasteiger partial charge is 0.262 e.